The van der Waals surface area contributed by atoms with Gasteiger partial charge in [-0.25, -0.2) is 0 Å². The van der Waals surface area contributed by atoms with Gasteiger partial charge in [0.25, 0.3) is 5.91 Å². The molecule has 2 heterocycles. The summed E-state index contributed by atoms with van der Waals surface area (Å²) in [6.45, 7) is 0.803. The van der Waals surface area contributed by atoms with Gasteiger partial charge in [-0.3, -0.25) is 4.79 Å². The van der Waals surface area contributed by atoms with Crippen LogP contribution in [0, 0.1) is 5.92 Å². The van der Waals surface area contributed by atoms with E-state index in [1.807, 2.05) is 4.90 Å². The van der Waals surface area contributed by atoms with E-state index in [0.29, 0.717) is 5.56 Å². The number of aliphatic hydroxyl groups excluding tert-OH is 1. The average molecular weight is 263 g/mol. The van der Waals surface area contributed by atoms with Crippen molar-refractivity contribution < 1.29 is 14.3 Å². The lowest BCUT2D eigenvalue weighted by Crippen LogP contribution is -2.49. The fraction of sp³-hybridized carbons (Fsp3) is 0.667. The van der Waals surface area contributed by atoms with Gasteiger partial charge in [-0.05, 0) is 38.2 Å². The van der Waals surface area contributed by atoms with Crippen LogP contribution in [0.2, 0.25) is 0 Å². The minimum absolute atomic E-state index is 0.0533. The predicted octanol–water partition coefficient (Wildman–Crippen LogP) is 2.44. The van der Waals surface area contributed by atoms with Crippen molar-refractivity contribution in [3.8, 4) is 0 Å². The minimum Gasteiger partial charge on any atom is -0.472 e. The topological polar surface area (TPSA) is 53.7 Å². The molecule has 4 heteroatoms. The molecular formula is C15H21NO3. The minimum atomic E-state index is -0.234. The first-order valence-electron chi connectivity index (χ1n) is 7.28. The molecule has 1 aromatic heterocycles. The molecule has 3 atom stereocenters. The third kappa shape index (κ3) is 2.41. The maximum absolute atomic E-state index is 12.5. The van der Waals surface area contributed by atoms with Gasteiger partial charge < -0.3 is 14.4 Å². The lowest BCUT2D eigenvalue weighted by atomic mass is 9.87. The molecule has 3 rings (SSSR count). The SMILES string of the molecule is O=C(c1ccoc1)N1CCCCC1C1CCCC1O. The third-order valence-corrected chi connectivity index (χ3v) is 4.60. The molecule has 104 valence electrons. The molecule has 1 saturated heterocycles. The Labute approximate surface area is 113 Å². The van der Waals surface area contributed by atoms with E-state index in [4.69, 9.17) is 4.42 Å². The smallest absolute Gasteiger partial charge is 0.257 e. The first-order valence-corrected chi connectivity index (χ1v) is 7.28. The number of rotatable bonds is 2. The van der Waals surface area contributed by atoms with Crippen molar-refractivity contribution in [1.29, 1.82) is 0 Å². The van der Waals surface area contributed by atoms with Crippen molar-refractivity contribution in [2.24, 2.45) is 5.92 Å². The molecule has 0 bridgehead atoms. The average Bonchev–Trinajstić information content (AvgIpc) is 3.09. The Morgan fingerprint density at radius 2 is 2.16 bits per heavy atom. The van der Waals surface area contributed by atoms with Crippen molar-refractivity contribution in [2.75, 3.05) is 6.54 Å². The summed E-state index contributed by atoms with van der Waals surface area (Å²) < 4.78 is 5.01. The molecule has 1 aromatic rings. The second-order valence-electron chi connectivity index (χ2n) is 5.74. The van der Waals surface area contributed by atoms with Crippen molar-refractivity contribution in [1.82, 2.24) is 4.90 Å². The predicted molar refractivity (Wildman–Crippen MR) is 70.7 cm³/mol. The molecule has 2 fully saturated rings. The Kier molecular flexibility index (Phi) is 3.60. The Morgan fingerprint density at radius 1 is 1.26 bits per heavy atom. The molecule has 0 spiro atoms. The molecule has 19 heavy (non-hydrogen) atoms. The van der Waals surface area contributed by atoms with Crippen LogP contribution in [-0.4, -0.2) is 34.6 Å². The highest BCUT2D eigenvalue weighted by Gasteiger charge is 2.39. The molecule has 2 aliphatic rings. The maximum atomic E-state index is 12.5. The highest BCUT2D eigenvalue weighted by atomic mass is 16.3. The molecule has 1 amide bonds. The number of hydrogen-bond donors (Lipinski definition) is 1. The highest BCUT2D eigenvalue weighted by Crippen LogP contribution is 2.35. The lowest BCUT2D eigenvalue weighted by Gasteiger charge is -2.40. The van der Waals surface area contributed by atoms with Crippen LogP contribution in [0.25, 0.3) is 0 Å². The van der Waals surface area contributed by atoms with Gasteiger partial charge >= 0.3 is 0 Å². The van der Waals surface area contributed by atoms with E-state index in [0.717, 1.165) is 45.1 Å². The quantitative estimate of drug-likeness (QED) is 0.891. The second kappa shape index (κ2) is 5.37. The van der Waals surface area contributed by atoms with Crippen LogP contribution in [0.15, 0.2) is 23.0 Å². The van der Waals surface area contributed by atoms with Gasteiger partial charge in [0.1, 0.15) is 6.26 Å². The van der Waals surface area contributed by atoms with Crippen LogP contribution >= 0.6 is 0 Å². The van der Waals surface area contributed by atoms with Gasteiger partial charge in [0.05, 0.1) is 17.9 Å². The van der Waals surface area contributed by atoms with Crippen LogP contribution < -0.4 is 0 Å². The number of nitrogens with zero attached hydrogens (tertiary/aromatic N) is 1. The number of carbonyl (C=O) groups excluding carboxylic acids is 1. The number of likely N-dealkylation sites (tertiary alicyclic amines) is 1. The first-order chi connectivity index (χ1) is 9.27. The summed E-state index contributed by atoms with van der Waals surface area (Å²) in [5, 5.41) is 10.1. The number of piperidine rings is 1. The van der Waals surface area contributed by atoms with E-state index in [1.54, 1.807) is 6.07 Å². The Hall–Kier alpha value is -1.29. The summed E-state index contributed by atoms with van der Waals surface area (Å²) in [4.78, 5) is 14.5. The summed E-state index contributed by atoms with van der Waals surface area (Å²) in [6.07, 6.45) is 9.06. The van der Waals surface area contributed by atoms with Gasteiger partial charge in [-0.1, -0.05) is 6.42 Å². The number of carbonyl (C=O) groups is 1. The summed E-state index contributed by atoms with van der Waals surface area (Å²) in [7, 11) is 0. The van der Waals surface area contributed by atoms with Gasteiger partial charge in [-0.15, -0.1) is 0 Å². The van der Waals surface area contributed by atoms with E-state index < -0.39 is 0 Å². The van der Waals surface area contributed by atoms with E-state index in [2.05, 4.69) is 0 Å². The van der Waals surface area contributed by atoms with E-state index in [1.165, 1.54) is 12.5 Å². The van der Waals surface area contributed by atoms with Gasteiger partial charge in [0, 0.05) is 18.5 Å². The molecule has 1 aliphatic carbocycles. The fourth-order valence-electron chi connectivity index (χ4n) is 3.62. The molecule has 0 aromatic carbocycles. The zero-order valence-electron chi connectivity index (χ0n) is 11.1. The first kappa shape index (κ1) is 12.7. The normalized spacial score (nSPS) is 31.6. The van der Waals surface area contributed by atoms with E-state index in [9.17, 15) is 9.90 Å². The molecular weight excluding hydrogens is 242 g/mol. The highest BCUT2D eigenvalue weighted by molar-refractivity contribution is 5.94. The van der Waals surface area contributed by atoms with Crippen molar-refractivity contribution >= 4 is 5.91 Å². The number of furan rings is 1. The van der Waals surface area contributed by atoms with Gasteiger partial charge in [0.15, 0.2) is 0 Å². The zero-order chi connectivity index (χ0) is 13.2. The van der Waals surface area contributed by atoms with Crippen molar-refractivity contribution in [3.63, 3.8) is 0 Å². The Morgan fingerprint density at radius 3 is 2.84 bits per heavy atom. The fourth-order valence-corrected chi connectivity index (χ4v) is 3.62. The van der Waals surface area contributed by atoms with Crippen LogP contribution in [0.4, 0.5) is 0 Å². The molecule has 3 unspecified atom stereocenters. The molecule has 1 saturated carbocycles. The van der Waals surface area contributed by atoms with E-state index in [-0.39, 0.29) is 24.0 Å². The number of amides is 1. The van der Waals surface area contributed by atoms with Crippen LogP contribution in [0.5, 0.6) is 0 Å². The van der Waals surface area contributed by atoms with Crippen LogP contribution in [0.3, 0.4) is 0 Å². The third-order valence-electron chi connectivity index (χ3n) is 4.60. The summed E-state index contributed by atoms with van der Waals surface area (Å²) in [5.41, 5.74) is 0.624. The largest absolute Gasteiger partial charge is 0.472 e. The van der Waals surface area contributed by atoms with Crippen molar-refractivity contribution in [3.05, 3.63) is 24.2 Å². The Bertz CT molecular complexity index is 429. The molecule has 0 radical (unpaired) electrons. The number of aliphatic hydroxyl groups is 1. The summed E-state index contributed by atoms with van der Waals surface area (Å²) >= 11 is 0. The number of hydrogen-bond acceptors (Lipinski definition) is 3. The van der Waals surface area contributed by atoms with Crippen LogP contribution in [-0.2, 0) is 0 Å². The van der Waals surface area contributed by atoms with Crippen LogP contribution in [0.1, 0.15) is 48.9 Å². The lowest BCUT2D eigenvalue weighted by molar-refractivity contribution is 0.0287. The van der Waals surface area contributed by atoms with E-state index >= 15 is 0 Å². The molecule has 1 N–H and O–H groups in total. The summed E-state index contributed by atoms with van der Waals surface area (Å²) in [5.74, 6) is 0.314. The van der Waals surface area contributed by atoms with Crippen molar-refractivity contribution in [2.45, 2.75) is 50.7 Å². The standard InChI is InChI=1S/C15H21NO3/c17-14-6-3-4-12(14)13-5-1-2-8-16(13)15(18)11-7-9-19-10-11/h7,9-10,12-14,17H,1-6,8H2. The second-order valence-corrected chi connectivity index (χ2v) is 5.74. The molecule has 4 nitrogen and oxygen atoms in total. The maximum Gasteiger partial charge on any atom is 0.257 e. The van der Waals surface area contributed by atoms with Gasteiger partial charge in [-0.2, -0.15) is 0 Å². The monoisotopic (exact) mass is 263 g/mol. The molecule has 1 aliphatic heterocycles. The van der Waals surface area contributed by atoms with Gasteiger partial charge in [0.2, 0.25) is 0 Å². The Balaban J connectivity index is 1.79. The zero-order valence-corrected chi connectivity index (χ0v) is 11.1. The summed E-state index contributed by atoms with van der Waals surface area (Å²) in [6, 6.07) is 1.92.